The molecule has 43 heavy (non-hydrogen) atoms. The number of carbonyl (C=O) groups is 4. The highest BCUT2D eigenvalue weighted by Gasteiger charge is 2.45. The molecule has 1 atom stereocenters. The van der Waals surface area contributed by atoms with Gasteiger partial charge < -0.3 is 10.2 Å². The van der Waals surface area contributed by atoms with Gasteiger partial charge in [0.05, 0.1) is 16.7 Å². The van der Waals surface area contributed by atoms with Crippen LogP contribution in [0.3, 0.4) is 0 Å². The molecule has 11 heteroatoms. The van der Waals surface area contributed by atoms with Crippen molar-refractivity contribution in [2.45, 2.75) is 38.9 Å². The fourth-order valence-electron chi connectivity index (χ4n) is 5.92. The number of piperazine rings is 1. The number of aryl methyl sites for hydroxylation is 1. The standard InChI is InChI=1S/C32H31N7O4/c1-20-15-21(5-7-23(20)19-37-11-13-38(14-12-37)27-9-6-22(16-33)18-35-27)17-34-25-4-2-3-24-29(25)32(43)39(31(24)42)26-8-10-28(40)36-30(26)41/h2-7,9,15,18,26,34H,8,10-14,17,19H2,1H3,(H,36,40,41). The fraction of sp³-hybridized carbons (Fsp3) is 0.312. The summed E-state index contributed by atoms with van der Waals surface area (Å²) in [5.41, 5.74) is 5.04. The zero-order valence-corrected chi connectivity index (χ0v) is 23.8. The molecular weight excluding hydrogens is 546 g/mol. The Bertz CT molecular complexity index is 1660. The Balaban J connectivity index is 1.07. The molecule has 1 unspecified atom stereocenters. The van der Waals surface area contributed by atoms with Crippen LogP contribution < -0.4 is 15.5 Å². The first-order chi connectivity index (χ1) is 20.8. The number of amides is 4. The second-order valence-electron chi connectivity index (χ2n) is 11.1. The minimum Gasteiger partial charge on any atom is -0.380 e. The number of carbonyl (C=O) groups excluding carboxylic acids is 4. The summed E-state index contributed by atoms with van der Waals surface area (Å²) in [6, 6.07) is 16.2. The number of nitrogens with zero attached hydrogens (tertiary/aromatic N) is 5. The van der Waals surface area contributed by atoms with Crippen LogP contribution in [-0.2, 0) is 22.7 Å². The van der Waals surface area contributed by atoms with Crippen molar-refractivity contribution in [3.63, 3.8) is 0 Å². The van der Waals surface area contributed by atoms with Crippen molar-refractivity contribution in [3.8, 4) is 6.07 Å². The molecule has 2 fully saturated rings. The Hall–Kier alpha value is -5.08. The maximum atomic E-state index is 13.4. The molecule has 0 spiro atoms. The van der Waals surface area contributed by atoms with Gasteiger partial charge in [0.15, 0.2) is 0 Å². The SMILES string of the molecule is Cc1cc(CNc2cccc3c2C(=O)N(C2CCC(=O)NC2=O)C3=O)ccc1CN1CCN(c2ccc(C#N)cn2)CC1. The lowest BCUT2D eigenvalue weighted by molar-refractivity contribution is -0.136. The van der Waals surface area contributed by atoms with Crippen LogP contribution in [0.4, 0.5) is 11.5 Å². The van der Waals surface area contributed by atoms with Crippen molar-refractivity contribution in [1.82, 2.24) is 20.1 Å². The molecule has 4 heterocycles. The molecule has 3 aliphatic rings. The number of pyridine rings is 1. The summed E-state index contributed by atoms with van der Waals surface area (Å²) in [7, 11) is 0. The second kappa shape index (κ2) is 11.7. The van der Waals surface area contributed by atoms with Crippen LogP contribution in [-0.4, -0.2) is 70.6 Å². The second-order valence-corrected chi connectivity index (χ2v) is 11.1. The zero-order chi connectivity index (χ0) is 30.1. The van der Waals surface area contributed by atoms with Crippen LogP contribution in [0.1, 0.15) is 55.8 Å². The predicted octanol–water partition coefficient (Wildman–Crippen LogP) is 2.60. The minimum absolute atomic E-state index is 0.0799. The average Bonchev–Trinajstić information content (AvgIpc) is 3.27. The van der Waals surface area contributed by atoms with Gasteiger partial charge in [-0.2, -0.15) is 5.26 Å². The molecule has 218 valence electrons. The van der Waals surface area contributed by atoms with Crippen LogP contribution >= 0.6 is 0 Å². The third-order valence-electron chi connectivity index (χ3n) is 8.33. The smallest absolute Gasteiger partial charge is 0.264 e. The quantitative estimate of drug-likeness (QED) is 0.406. The Labute approximate surface area is 249 Å². The normalized spacial score (nSPS) is 18.8. The van der Waals surface area contributed by atoms with Gasteiger partial charge in [-0.25, -0.2) is 4.98 Å². The van der Waals surface area contributed by atoms with E-state index in [9.17, 15) is 19.2 Å². The van der Waals surface area contributed by atoms with Crippen molar-refractivity contribution in [1.29, 1.82) is 5.26 Å². The number of anilines is 2. The van der Waals surface area contributed by atoms with Gasteiger partial charge in [0.25, 0.3) is 11.8 Å². The van der Waals surface area contributed by atoms with Gasteiger partial charge in [-0.3, -0.25) is 34.3 Å². The molecule has 3 aliphatic heterocycles. The molecule has 0 radical (unpaired) electrons. The number of rotatable bonds is 7. The summed E-state index contributed by atoms with van der Waals surface area (Å²) in [6.07, 6.45) is 1.81. The van der Waals surface area contributed by atoms with Gasteiger partial charge in [0.2, 0.25) is 11.8 Å². The van der Waals surface area contributed by atoms with Crippen molar-refractivity contribution >= 4 is 35.1 Å². The molecule has 6 rings (SSSR count). The van der Waals surface area contributed by atoms with E-state index in [1.54, 1.807) is 30.5 Å². The number of hydrogen-bond donors (Lipinski definition) is 2. The molecule has 3 aromatic rings. The van der Waals surface area contributed by atoms with E-state index < -0.39 is 29.7 Å². The van der Waals surface area contributed by atoms with Crippen molar-refractivity contribution in [2.24, 2.45) is 0 Å². The van der Waals surface area contributed by atoms with Gasteiger partial charge in [0.1, 0.15) is 17.9 Å². The van der Waals surface area contributed by atoms with Crippen LogP contribution in [0.25, 0.3) is 0 Å². The summed E-state index contributed by atoms with van der Waals surface area (Å²) in [6.45, 7) is 6.93. The maximum absolute atomic E-state index is 13.4. The highest BCUT2D eigenvalue weighted by molar-refractivity contribution is 6.25. The number of imide groups is 2. The summed E-state index contributed by atoms with van der Waals surface area (Å²) >= 11 is 0. The van der Waals surface area contributed by atoms with Gasteiger partial charge in [0, 0.05) is 57.6 Å². The van der Waals surface area contributed by atoms with E-state index in [0.717, 1.165) is 49.0 Å². The van der Waals surface area contributed by atoms with Gasteiger partial charge in [-0.05, 0) is 54.3 Å². The van der Waals surface area contributed by atoms with Crippen molar-refractivity contribution < 1.29 is 19.2 Å². The molecule has 11 nitrogen and oxygen atoms in total. The molecule has 2 saturated heterocycles. The lowest BCUT2D eigenvalue weighted by Gasteiger charge is -2.35. The van der Waals surface area contributed by atoms with Crippen LogP contribution in [0.5, 0.6) is 0 Å². The summed E-state index contributed by atoms with van der Waals surface area (Å²) in [5, 5.41) is 14.5. The Morgan fingerprint density at radius 3 is 2.53 bits per heavy atom. The third kappa shape index (κ3) is 5.57. The number of hydrogen-bond acceptors (Lipinski definition) is 9. The number of benzene rings is 2. The van der Waals surface area contributed by atoms with Gasteiger partial charge in [-0.15, -0.1) is 0 Å². The zero-order valence-electron chi connectivity index (χ0n) is 23.8. The Kier molecular flexibility index (Phi) is 7.61. The highest BCUT2D eigenvalue weighted by atomic mass is 16.2. The van der Waals surface area contributed by atoms with E-state index in [2.05, 4.69) is 56.6 Å². The first-order valence-electron chi connectivity index (χ1n) is 14.3. The molecule has 1 aromatic heterocycles. The number of aromatic nitrogens is 1. The van der Waals surface area contributed by atoms with Gasteiger partial charge >= 0.3 is 0 Å². The average molecular weight is 578 g/mol. The predicted molar refractivity (Wildman–Crippen MR) is 158 cm³/mol. The maximum Gasteiger partial charge on any atom is 0.264 e. The molecule has 2 N–H and O–H groups in total. The lowest BCUT2D eigenvalue weighted by Crippen LogP contribution is -2.54. The molecule has 0 bridgehead atoms. The van der Waals surface area contributed by atoms with Gasteiger partial charge in [-0.1, -0.05) is 24.3 Å². The first kappa shape index (κ1) is 28.1. The van der Waals surface area contributed by atoms with Crippen LogP contribution in [0.15, 0.2) is 54.7 Å². The Morgan fingerprint density at radius 1 is 1.02 bits per heavy atom. The van der Waals surface area contributed by atoms with E-state index in [1.165, 1.54) is 11.1 Å². The fourth-order valence-corrected chi connectivity index (χ4v) is 5.92. The lowest BCUT2D eigenvalue weighted by atomic mass is 10.0. The number of nitriles is 1. The number of fused-ring (bicyclic) bond motifs is 1. The first-order valence-corrected chi connectivity index (χ1v) is 14.3. The minimum atomic E-state index is -0.997. The Morgan fingerprint density at radius 2 is 1.84 bits per heavy atom. The molecule has 0 aliphatic carbocycles. The van der Waals surface area contributed by atoms with Crippen molar-refractivity contribution in [3.05, 3.63) is 88.1 Å². The summed E-state index contributed by atoms with van der Waals surface area (Å²) in [4.78, 5) is 60.5. The monoisotopic (exact) mass is 577 g/mol. The largest absolute Gasteiger partial charge is 0.380 e. The van der Waals surface area contributed by atoms with E-state index >= 15 is 0 Å². The van der Waals surface area contributed by atoms with E-state index in [1.807, 2.05) is 6.07 Å². The van der Waals surface area contributed by atoms with E-state index in [4.69, 9.17) is 5.26 Å². The van der Waals surface area contributed by atoms with E-state index in [-0.39, 0.29) is 24.0 Å². The molecule has 4 amide bonds. The van der Waals surface area contributed by atoms with Crippen molar-refractivity contribution in [2.75, 3.05) is 36.4 Å². The number of piperidine rings is 1. The summed E-state index contributed by atoms with van der Waals surface area (Å²) < 4.78 is 0. The molecule has 2 aromatic carbocycles. The third-order valence-corrected chi connectivity index (χ3v) is 8.33. The van der Waals surface area contributed by atoms with Crippen LogP contribution in [0.2, 0.25) is 0 Å². The molecular formula is C32H31N7O4. The van der Waals surface area contributed by atoms with Crippen LogP contribution in [0, 0.1) is 18.3 Å². The number of nitrogens with one attached hydrogen (secondary N) is 2. The topological polar surface area (TPSA) is 139 Å². The van der Waals surface area contributed by atoms with E-state index in [0.29, 0.717) is 17.8 Å². The molecule has 0 saturated carbocycles. The highest BCUT2D eigenvalue weighted by Crippen LogP contribution is 2.32. The summed E-state index contributed by atoms with van der Waals surface area (Å²) in [5.74, 6) is -1.18.